The summed E-state index contributed by atoms with van der Waals surface area (Å²) in [5.41, 5.74) is 2.13. The van der Waals surface area contributed by atoms with E-state index in [9.17, 15) is 9.59 Å². The van der Waals surface area contributed by atoms with Crippen molar-refractivity contribution in [2.75, 3.05) is 39.3 Å². The number of benzene rings is 2. The van der Waals surface area contributed by atoms with Crippen molar-refractivity contribution in [2.24, 2.45) is 5.92 Å². The number of amides is 1. The molecule has 2 aliphatic heterocycles. The number of nitrogens with zero attached hydrogens (tertiary/aromatic N) is 3. The second-order valence-electron chi connectivity index (χ2n) is 8.80. The van der Waals surface area contributed by atoms with Gasteiger partial charge in [0.15, 0.2) is 5.78 Å². The first-order valence-electron chi connectivity index (χ1n) is 11.5. The van der Waals surface area contributed by atoms with Crippen molar-refractivity contribution in [2.45, 2.75) is 32.4 Å². The highest BCUT2D eigenvalue weighted by Crippen LogP contribution is 2.24. The second kappa shape index (κ2) is 10.2. The lowest BCUT2D eigenvalue weighted by Gasteiger charge is -2.40. The normalized spacial score (nSPS) is 19.8. The van der Waals surface area contributed by atoms with Gasteiger partial charge in [-0.15, -0.1) is 0 Å². The number of rotatable bonds is 6. The Kier molecular flexibility index (Phi) is 7.15. The Morgan fingerprint density at radius 3 is 2.03 bits per heavy atom. The molecule has 1 atom stereocenters. The maximum Gasteiger partial charge on any atom is 0.239 e. The average Bonchev–Trinajstić information content (AvgIpc) is 2.84. The highest BCUT2D eigenvalue weighted by atomic mass is 16.2. The summed E-state index contributed by atoms with van der Waals surface area (Å²) in [7, 11) is 0. The van der Waals surface area contributed by atoms with E-state index in [1.165, 1.54) is 5.56 Å². The molecule has 2 aromatic carbocycles. The van der Waals surface area contributed by atoms with Crippen LogP contribution in [0.25, 0.3) is 0 Å². The topological polar surface area (TPSA) is 43.9 Å². The minimum atomic E-state index is -0.117. The molecule has 2 aromatic rings. The van der Waals surface area contributed by atoms with Crippen LogP contribution in [0.5, 0.6) is 0 Å². The van der Waals surface area contributed by atoms with Gasteiger partial charge in [0, 0.05) is 44.2 Å². The highest BCUT2D eigenvalue weighted by Gasteiger charge is 2.32. The summed E-state index contributed by atoms with van der Waals surface area (Å²) in [5.74, 6) is 0.545. The SMILES string of the molecule is C[C@@H](C(=O)N1CCN(Cc2ccccc2)CC1)N1CCC(C(=O)c2ccccc2)CC1. The molecule has 0 aromatic heterocycles. The highest BCUT2D eigenvalue weighted by molar-refractivity contribution is 5.97. The van der Waals surface area contributed by atoms with Crippen molar-refractivity contribution in [1.29, 1.82) is 0 Å². The smallest absolute Gasteiger partial charge is 0.239 e. The summed E-state index contributed by atoms with van der Waals surface area (Å²) >= 11 is 0. The number of carbonyl (C=O) groups excluding carboxylic acids is 2. The molecule has 0 saturated carbocycles. The summed E-state index contributed by atoms with van der Waals surface area (Å²) < 4.78 is 0. The second-order valence-corrected chi connectivity index (χ2v) is 8.80. The van der Waals surface area contributed by atoms with Crippen LogP contribution in [0.1, 0.15) is 35.7 Å². The fourth-order valence-corrected chi connectivity index (χ4v) is 4.78. The number of Topliss-reactive ketones (excluding diaryl/α,β-unsaturated/α-hetero) is 1. The van der Waals surface area contributed by atoms with Crippen LogP contribution in [0.15, 0.2) is 60.7 Å². The molecule has 164 valence electrons. The van der Waals surface area contributed by atoms with Crippen LogP contribution < -0.4 is 0 Å². The zero-order chi connectivity index (χ0) is 21.6. The summed E-state index contributed by atoms with van der Waals surface area (Å²) in [6, 6.07) is 20.0. The molecule has 0 spiro atoms. The van der Waals surface area contributed by atoms with Crippen LogP contribution in [-0.2, 0) is 11.3 Å². The minimum Gasteiger partial charge on any atom is -0.339 e. The van der Waals surface area contributed by atoms with Crippen LogP contribution in [-0.4, -0.2) is 71.7 Å². The summed E-state index contributed by atoms with van der Waals surface area (Å²) in [5, 5.41) is 0. The third-order valence-electron chi connectivity index (χ3n) is 6.80. The number of ketones is 1. The third-order valence-corrected chi connectivity index (χ3v) is 6.80. The molecule has 1 amide bonds. The number of piperazine rings is 1. The predicted molar refractivity (Wildman–Crippen MR) is 123 cm³/mol. The quantitative estimate of drug-likeness (QED) is 0.674. The molecule has 2 saturated heterocycles. The molecular formula is C26H33N3O2. The van der Waals surface area contributed by atoms with Crippen LogP contribution >= 0.6 is 0 Å². The van der Waals surface area contributed by atoms with Gasteiger partial charge >= 0.3 is 0 Å². The van der Waals surface area contributed by atoms with E-state index in [0.29, 0.717) is 0 Å². The van der Waals surface area contributed by atoms with E-state index in [1.807, 2.05) is 48.2 Å². The molecule has 0 radical (unpaired) electrons. The average molecular weight is 420 g/mol. The number of hydrogen-bond acceptors (Lipinski definition) is 4. The first-order chi connectivity index (χ1) is 15.1. The number of hydrogen-bond donors (Lipinski definition) is 0. The van der Waals surface area contributed by atoms with Crippen molar-refractivity contribution < 1.29 is 9.59 Å². The van der Waals surface area contributed by atoms with Crippen molar-refractivity contribution in [1.82, 2.24) is 14.7 Å². The zero-order valence-electron chi connectivity index (χ0n) is 18.5. The Labute approximate surface area is 185 Å². The Balaban J connectivity index is 1.23. The van der Waals surface area contributed by atoms with Gasteiger partial charge in [0.2, 0.25) is 5.91 Å². The van der Waals surface area contributed by atoms with Gasteiger partial charge in [-0.1, -0.05) is 60.7 Å². The van der Waals surface area contributed by atoms with Gasteiger partial charge in [-0.25, -0.2) is 0 Å². The van der Waals surface area contributed by atoms with E-state index in [2.05, 4.69) is 34.1 Å². The van der Waals surface area contributed by atoms with Gasteiger partial charge in [0.25, 0.3) is 0 Å². The molecule has 5 heteroatoms. The van der Waals surface area contributed by atoms with Gasteiger partial charge in [-0.05, 0) is 38.4 Å². The largest absolute Gasteiger partial charge is 0.339 e. The maximum atomic E-state index is 13.1. The minimum absolute atomic E-state index is 0.0717. The van der Waals surface area contributed by atoms with Gasteiger partial charge in [-0.2, -0.15) is 0 Å². The maximum absolute atomic E-state index is 13.1. The fraction of sp³-hybridized carbons (Fsp3) is 0.462. The molecule has 0 aliphatic carbocycles. The van der Waals surface area contributed by atoms with Crippen LogP contribution in [0, 0.1) is 5.92 Å². The molecule has 0 N–H and O–H groups in total. The molecule has 2 heterocycles. The van der Waals surface area contributed by atoms with Crippen LogP contribution in [0.3, 0.4) is 0 Å². The van der Waals surface area contributed by atoms with E-state index in [1.54, 1.807) is 0 Å². The Bertz CT molecular complexity index is 855. The number of piperidine rings is 1. The van der Waals surface area contributed by atoms with Gasteiger partial charge in [0.1, 0.15) is 0 Å². The number of carbonyl (C=O) groups is 2. The van der Waals surface area contributed by atoms with Crippen LogP contribution in [0.2, 0.25) is 0 Å². The summed E-state index contributed by atoms with van der Waals surface area (Å²) in [6.45, 7) is 8.01. The van der Waals surface area contributed by atoms with Crippen molar-refractivity contribution in [3.8, 4) is 0 Å². The molecule has 5 nitrogen and oxygen atoms in total. The first-order valence-corrected chi connectivity index (χ1v) is 11.5. The molecule has 31 heavy (non-hydrogen) atoms. The van der Waals surface area contributed by atoms with E-state index in [0.717, 1.165) is 64.2 Å². The van der Waals surface area contributed by atoms with Gasteiger partial charge in [-0.3, -0.25) is 19.4 Å². The number of likely N-dealkylation sites (tertiary alicyclic amines) is 1. The molecule has 2 aliphatic rings. The summed E-state index contributed by atoms with van der Waals surface area (Å²) in [6.07, 6.45) is 1.66. The molecule has 0 unspecified atom stereocenters. The standard InChI is InChI=1S/C26H33N3O2/c1-21(28-14-12-24(13-15-28)25(30)23-10-6-3-7-11-23)26(31)29-18-16-27(17-19-29)20-22-8-4-2-5-9-22/h2-11,21,24H,12-20H2,1H3/t21-/m0/s1. The van der Waals surface area contributed by atoms with E-state index in [4.69, 9.17) is 0 Å². The summed E-state index contributed by atoms with van der Waals surface area (Å²) in [4.78, 5) is 32.5. The van der Waals surface area contributed by atoms with Crippen molar-refractivity contribution in [3.05, 3.63) is 71.8 Å². The Hall–Kier alpha value is -2.50. The first kappa shape index (κ1) is 21.7. The predicted octanol–water partition coefficient (Wildman–Crippen LogP) is 3.31. The van der Waals surface area contributed by atoms with E-state index >= 15 is 0 Å². The zero-order valence-corrected chi connectivity index (χ0v) is 18.5. The third kappa shape index (κ3) is 5.41. The van der Waals surface area contributed by atoms with Crippen molar-refractivity contribution >= 4 is 11.7 Å². The lowest BCUT2D eigenvalue weighted by Crippen LogP contribution is -2.55. The monoisotopic (exact) mass is 419 g/mol. The van der Waals surface area contributed by atoms with Crippen LogP contribution in [0.4, 0.5) is 0 Å². The molecule has 2 fully saturated rings. The van der Waals surface area contributed by atoms with E-state index < -0.39 is 0 Å². The molecule has 0 bridgehead atoms. The van der Waals surface area contributed by atoms with Crippen molar-refractivity contribution in [3.63, 3.8) is 0 Å². The Morgan fingerprint density at radius 2 is 1.42 bits per heavy atom. The van der Waals surface area contributed by atoms with E-state index in [-0.39, 0.29) is 23.7 Å². The lowest BCUT2D eigenvalue weighted by molar-refractivity contribution is -0.138. The lowest BCUT2D eigenvalue weighted by atomic mass is 9.88. The van der Waals surface area contributed by atoms with Gasteiger partial charge in [0.05, 0.1) is 6.04 Å². The Morgan fingerprint density at radius 1 is 0.839 bits per heavy atom. The van der Waals surface area contributed by atoms with Gasteiger partial charge < -0.3 is 4.90 Å². The fourth-order valence-electron chi connectivity index (χ4n) is 4.78. The molecule has 4 rings (SSSR count). The molecular weight excluding hydrogens is 386 g/mol.